The van der Waals surface area contributed by atoms with E-state index in [0.29, 0.717) is 25.3 Å². The number of ether oxygens (including phenoxy) is 1. The lowest BCUT2D eigenvalue weighted by Gasteiger charge is -2.20. The highest BCUT2D eigenvalue weighted by molar-refractivity contribution is 7.89. The van der Waals surface area contributed by atoms with Crippen LogP contribution in [-0.2, 0) is 14.8 Å². The van der Waals surface area contributed by atoms with Crippen molar-refractivity contribution in [2.75, 3.05) is 33.4 Å². The van der Waals surface area contributed by atoms with Gasteiger partial charge in [-0.1, -0.05) is 0 Å². The molecule has 0 aliphatic carbocycles. The molecule has 0 aliphatic rings. The molecule has 0 spiro atoms. The second kappa shape index (κ2) is 10.7. The predicted octanol–water partition coefficient (Wildman–Crippen LogP) is 1.15. The van der Waals surface area contributed by atoms with E-state index in [1.54, 1.807) is 27.9 Å². The van der Waals surface area contributed by atoms with Crippen molar-refractivity contribution in [2.24, 2.45) is 0 Å². The van der Waals surface area contributed by atoms with Crippen LogP contribution < -0.4 is 15.4 Å². The Morgan fingerprint density at radius 2 is 1.68 bits per heavy atom. The molecule has 1 rings (SSSR count). The number of sulfonamides is 1. The summed E-state index contributed by atoms with van der Waals surface area (Å²) in [5, 5.41) is 5.88. The normalized spacial score (nSPS) is 11.7. The fraction of sp³-hybridized carbons (Fsp3) is 0.562. The fourth-order valence-electron chi connectivity index (χ4n) is 1.91. The summed E-state index contributed by atoms with van der Waals surface area (Å²) in [6, 6.07) is 5.87. The van der Waals surface area contributed by atoms with E-state index in [0.717, 1.165) is 6.54 Å². The third-order valence-corrected chi connectivity index (χ3v) is 4.71. The number of hydrogen-bond acceptors (Lipinski definition) is 5. The van der Waals surface area contributed by atoms with Crippen molar-refractivity contribution >= 4 is 28.3 Å². The Kier molecular flexibility index (Phi) is 10.2. The van der Waals surface area contributed by atoms with Crippen LogP contribution in [0.1, 0.15) is 31.1 Å². The number of rotatable bonds is 9. The smallest absolute Gasteiger partial charge is 0.251 e. The van der Waals surface area contributed by atoms with Crippen LogP contribution in [0.3, 0.4) is 0 Å². The summed E-state index contributed by atoms with van der Waals surface area (Å²) in [7, 11) is -1.96. The predicted molar refractivity (Wildman–Crippen MR) is 101 cm³/mol. The van der Waals surface area contributed by atoms with Crippen LogP contribution >= 0.6 is 12.4 Å². The molecule has 0 unspecified atom stereocenters. The van der Waals surface area contributed by atoms with Crippen LogP contribution in [0.2, 0.25) is 0 Å². The maximum absolute atomic E-state index is 12.2. The van der Waals surface area contributed by atoms with Crippen LogP contribution in [0.25, 0.3) is 0 Å². The molecule has 0 aromatic heterocycles. The van der Waals surface area contributed by atoms with E-state index in [-0.39, 0.29) is 23.2 Å². The van der Waals surface area contributed by atoms with Gasteiger partial charge in [0.1, 0.15) is 0 Å². The SMILES string of the molecule is COCCNCCNC(=O)c1ccc(S(=O)(=O)NC(C)(C)C)cc1.Cl. The number of carbonyl (C=O) groups is 1. The molecule has 1 amide bonds. The van der Waals surface area contributed by atoms with Gasteiger partial charge in [-0.25, -0.2) is 13.1 Å². The number of carbonyl (C=O) groups excluding carboxylic acids is 1. The lowest BCUT2D eigenvalue weighted by Crippen LogP contribution is -2.40. The number of hydrogen-bond donors (Lipinski definition) is 3. The first kappa shape index (κ1) is 23.8. The van der Waals surface area contributed by atoms with Crippen molar-refractivity contribution in [3.63, 3.8) is 0 Å². The maximum Gasteiger partial charge on any atom is 0.251 e. The first-order valence-electron chi connectivity index (χ1n) is 7.77. The van der Waals surface area contributed by atoms with Gasteiger partial charge in [0.05, 0.1) is 11.5 Å². The van der Waals surface area contributed by atoms with Gasteiger partial charge < -0.3 is 15.4 Å². The van der Waals surface area contributed by atoms with E-state index in [2.05, 4.69) is 15.4 Å². The molecular weight excluding hydrogens is 366 g/mol. The van der Waals surface area contributed by atoms with Gasteiger partial charge in [-0.2, -0.15) is 0 Å². The van der Waals surface area contributed by atoms with Crippen molar-refractivity contribution < 1.29 is 17.9 Å². The van der Waals surface area contributed by atoms with Gasteiger partial charge >= 0.3 is 0 Å². The quantitative estimate of drug-likeness (QED) is 0.547. The van der Waals surface area contributed by atoms with Crippen molar-refractivity contribution in [3.05, 3.63) is 29.8 Å². The third kappa shape index (κ3) is 9.18. The average Bonchev–Trinajstić information content (AvgIpc) is 2.48. The second-order valence-electron chi connectivity index (χ2n) is 6.38. The molecule has 7 nitrogen and oxygen atoms in total. The highest BCUT2D eigenvalue weighted by atomic mass is 35.5. The molecule has 0 fully saturated rings. The Labute approximate surface area is 156 Å². The lowest BCUT2D eigenvalue weighted by molar-refractivity contribution is 0.0953. The number of halogens is 1. The maximum atomic E-state index is 12.2. The molecular formula is C16H28ClN3O4S. The van der Waals surface area contributed by atoms with Crippen LogP contribution in [0.4, 0.5) is 0 Å². The Morgan fingerprint density at radius 3 is 2.20 bits per heavy atom. The molecule has 25 heavy (non-hydrogen) atoms. The number of amides is 1. The zero-order valence-corrected chi connectivity index (χ0v) is 16.7. The summed E-state index contributed by atoms with van der Waals surface area (Å²) < 4.78 is 31.9. The van der Waals surface area contributed by atoms with E-state index < -0.39 is 15.6 Å². The Balaban J connectivity index is 0.00000576. The van der Waals surface area contributed by atoms with Crippen LogP contribution in [0.5, 0.6) is 0 Å². The monoisotopic (exact) mass is 393 g/mol. The van der Waals surface area contributed by atoms with E-state index in [1.165, 1.54) is 24.3 Å². The number of methoxy groups -OCH3 is 1. The van der Waals surface area contributed by atoms with Crippen LogP contribution in [0.15, 0.2) is 29.2 Å². The van der Waals surface area contributed by atoms with Crippen LogP contribution in [-0.4, -0.2) is 53.2 Å². The summed E-state index contributed by atoms with van der Waals surface area (Å²) >= 11 is 0. The van der Waals surface area contributed by atoms with E-state index in [1.807, 2.05) is 0 Å². The van der Waals surface area contributed by atoms with Crippen molar-refractivity contribution in [3.8, 4) is 0 Å². The van der Waals surface area contributed by atoms with Gasteiger partial charge in [0.2, 0.25) is 10.0 Å². The molecule has 144 valence electrons. The molecule has 0 radical (unpaired) electrons. The van der Waals surface area contributed by atoms with E-state index >= 15 is 0 Å². The molecule has 1 aromatic carbocycles. The standard InChI is InChI=1S/C16H27N3O4S.ClH/c1-16(2,3)19-24(21,22)14-7-5-13(6-8-14)15(20)18-10-9-17-11-12-23-4;/h5-8,17,19H,9-12H2,1-4H3,(H,18,20);1H. The number of benzene rings is 1. The first-order chi connectivity index (χ1) is 11.2. The Morgan fingerprint density at radius 1 is 1.08 bits per heavy atom. The molecule has 0 aliphatic heterocycles. The topological polar surface area (TPSA) is 96.5 Å². The van der Waals surface area contributed by atoms with Crippen LogP contribution in [0, 0.1) is 0 Å². The molecule has 9 heteroatoms. The van der Waals surface area contributed by atoms with Gasteiger partial charge in [-0.15, -0.1) is 12.4 Å². The van der Waals surface area contributed by atoms with E-state index in [9.17, 15) is 13.2 Å². The van der Waals surface area contributed by atoms with Crippen molar-refractivity contribution in [1.82, 2.24) is 15.4 Å². The minimum Gasteiger partial charge on any atom is -0.383 e. The van der Waals surface area contributed by atoms with Crippen molar-refractivity contribution in [1.29, 1.82) is 0 Å². The minimum atomic E-state index is -3.59. The third-order valence-electron chi connectivity index (χ3n) is 2.94. The molecule has 3 N–H and O–H groups in total. The summed E-state index contributed by atoms with van der Waals surface area (Å²) in [6.45, 7) is 7.77. The molecule has 1 aromatic rings. The average molecular weight is 394 g/mol. The molecule has 0 saturated carbocycles. The summed E-state index contributed by atoms with van der Waals surface area (Å²) in [6.07, 6.45) is 0. The largest absolute Gasteiger partial charge is 0.383 e. The summed E-state index contributed by atoms with van der Waals surface area (Å²) in [5.41, 5.74) is -0.147. The fourth-order valence-corrected chi connectivity index (χ4v) is 3.33. The first-order valence-corrected chi connectivity index (χ1v) is 9.26. The van der Waals surface area contributed by atoms with Gasteiger partial charge in [0.25, 0.3) is 5.91 Å². The van der Waals surface area contributed by atoms with Gasteiger partial charge in [-0.3, -0.25) is 4.79 Å². The highest BCUT2D eigenvalue weighted by Gasteiger charge is 2.22. The highest BCUT2D eigenvalue weighted by Crippen LogP contribution is 2.13. The zero-order chi connectivity index (χ0) is 18.2. The van der Waals surface area contributed by atoms with Crippen molar-refractivity contribution in [2.45, 2.75) is 31.2 Å². The van der Waals surface area contributed by atoms with Gasteiger partial charge in [0, 0.05) is 37.8 Å². The molecule has 0 bridgehead atoms. The summed E-state index contributed by atoms with van der Waals surface area (Å²) in [5.74, 6) is -0.240. The zero-order valence-electron chi connectivity index (χ0n) is 15.1. The molecule has 0 heterocycles. The van der Waals surface area contributed by atoms with Gasteiger partial charge in [0.15, 0.2) is 0 Å². The lowest BCUT2D eigenvalue weighted by atomic mass is 10.1. The van der Waals surface area contributed by atoms with Gasteiger partial charge in [-0.05, 0) is 45.0 Å². The minimum absolute atomic E-state index is 0. The van der Waals surface area contributed by atoms with E-state index in [4.69, 9.17) is 4.74 Å². The summed E-state index contributed by atoms with van der Waals surface area (Å²) in [4.78, 5) is 12.1. The second-order valence-corrected chi connectivity index (χ2v) is 8.06. The molecule has 0 atom stereocenters. The number of nitrogens with one attached hydrogen (secondary N) is 3. The molecule has 0 saturated heterocycles. The Bertz CT molecular complexity index is 628. The Hall–Kier alpha value is -1.19.